The maximum atomic E-state index is 9.84. The molecule has 2 aliphatic carbocycles. The van der Waals surface area contributed by atoms with Crippen molar-refractivity contribution in [3.8, 4) is 101 Å². The average Bonchev–Trinajstić information content (AvgIpc) is 1.54. The van der Waals surface area contributed by atoms with Crippen LogP contribution in [-0.4, -0.2) is 27.1 Å². The van der Waals surface area contributed by atoms with E-state index in [1.807, 2.05) is 78.9 Å². The second-order valence-electron chi connectivity index (χ2n) is 25.8. The van der Waals surface area contributed by atoms with E-state index in [4.69, 9.17) is 9.97 Å². The summed E-state index contributed by atoms with van der Waals surface area (Å²) in [7, 11) is -1.50. The monoisotopic (exact) mass is 1370 g/mol. The Bertz CT molecular complexity index is 5410. The SMILES string of the molecule is Brc1cccc(-c2cc(-c3ccccc3)nc(-c3ccccc3)c2)c1.OB(O)c1ccc2c(c1)C(c1ccccc1)(c1ccccc1)c1ccccc1-2.c1ccc(-c2cc(-c3cccc(-c4ccc5c(c4)C(c4ccccc4)(c4ccccc4)c4ccccc4-5)c3)cc(-c3ccccc3)n2)cc1. The summed E-state index contributed by atoms with van der Waals surface area (Å²) in [4.78, 5) is 10.0. The molecule has 2 aromatic heterocycles. The van der Waals surface area contributed by atoms with E-state index in [0.717, 1.165) is 88.4 Å². The molecular formula is C96H68BBrN2O2. The molecule has 2 heterocycles. The zero-order valence-corrected chi connectivity index (χ0v) is 57.4. The van der Waals surface area contributed by atoms with Gasteiger partial charge in [0.25, 0.3) is 0 Å². The van der Waals surface area contributed by atoms with Gasteiger partial charge >= 0.3 is 7.12 Å². The molecule has 4 nitrogen and oxygen atoms in total. The summed E-state index contributed by atoms with van der Waals surface area (Å²) in [6.45, 7) is 0. The van der Waals surface area contributed by atoms with E-state index in [9.17, 15) is 10.0 Å². The second-order valence-corrected chi connectivity index (χ2v) is 26.7. The fourth-order valence-electron chi connectivity index (χ4n) is 15.2. The van der Waals surface area contributed by atoms with Gasteiger partial charge < -0.3 is 10.0 Å². The number of fused-ring (bicyclic) bond motifs is 6. The molecule has 0 saturated heterocycles. The minimum atomic E-state index is -1.50. The lowest BCUT2D eigenvalue weighted by Gasteiger charge is -2.34. The van der Waals surface area contributed by atoms with Crippen LogP contribution in [0.3, 0.4) is 0 Å². The van der Waals surface area contributed by atoms with Crippen molar-refractivity contribution in [1.82, 2.24) is 9.97 Å². The first-order valence-corrected chi connectivity index (χ1v) is 35.3. The van der Waals surface area contributed by atoms with E-state index >= 15 is 0 Å². The summed E-state index contributed by atoms with van der Waals surface area (Å²) in [5.41, 5.74) is 29.7. The topological polar surface area (TPSA) is 66.2 Å². The molecule has 0 radical (unpaired) electrons. The van der Waals surface area contributed by atoms with Crippen LogP contribution in [0.15, 0.2) is 405 Å². The standard InChI is InChI=1S/C48H33N.C25H19BO2.C23H16BrN/c1-5-16-34(17-6-1)46-32-39(33-47(49-46)35-18-7-2-8-19-35)37-21-15-20-36(30-37)38-28-29-43-42-26-13-14-27-44(42)48(45(43)31-38,40-22-9-3-10-23-40)41-24-11-4-12-25-41;27-26(28)20-15-16-22-21-13-7-8-14-23(21)25(24(22)17-20,18-9-3-1-4-10-18)19-11-5-2-6-12-19;24-21-13-7-12-19(14-21)20-15-22(17-8-3-1-4-9-17)25-23(16-20)18-10-5-2-6-11-18/h1-33H;1-17,27-28H;1-16H. The molecule has 0 atom stereocenters. The normalized spacial score (nSPS) is 12.4. The van der Waals surface area contributed by atoms with Crippen molar-refractivity contribution in [1.29, 1.82) is 0 Å². The maximum absolute atomic E-state index is 9.84. The Balaban J connectivity index is 0.000000129. The highest BCUT2D eigenvalue weighted by molar-refractivity contribution is 9.10. The molecule has 2 N–H and O–H groups in total. The van der Waals surface area contributed by atoms with Crippen molar-refractivity contribution in [2.75, 3.05) is 0 Å². The molecule has 16 aromatic rings. The Morgan fingerprint density at radius 3 is 0.873 bits per heavy atom. The van der Waals surface area contributed by atoms with Crippen LogP contribution in [0.25, 0.3) is 101 Å². The van der Waals surface area contributed by atoms with Crippen molar-refractivity contribution >= 4 is 28.5 Å². The van der Waals surface area contributed by atoms with Gasteiger partial charge in [0.15, 0.2) is 0 Å². The zero-order chi connectivity index (χ0) is 68.8. The highest BCUT2D eigenvalue weighted by Gasteiger charge is 2.48. The van der Waals surface area contributed by atoms with Gasteiger partial charge in [-0.25, -0.2) is 9.97 Å². The molecule has 0 amide bonds. The van der Waals surface area contributed by atoms with E-state index in [2.05, 4.69) is 331 Å². The summed E-state index contributed by atoms with van der Waals surface area (Å²) >= 11 is 3.57. The van der Waals surface area contributed by atoms with Gasteiger partial charge in [0.1, 0.15) is 0 Å². The number of rotatable bonds is 12. The smallest absolute Gasteiger partial charge is 0.423 e. The quantitative estimate of drug-likeness (QED) is 0.120. The Kier molecular flexibility index (Phi) is 18.1. The number of pyridine rings is 2. The Morgan fingerprint density at radius 1 is 0.216 bits per heavy atom. The van der Waals surface area contributed by atoms with E-state index in [0.29, 0.717) is 5.46 Å². The van der Waals surface area contributed by atoms with E-state index in [-0.39, 0.29) is 0 Å². The van der Waals surface area contributed by atoms with Crippen LogP contribution >= 0.6 is 15.9 Å². The van der Waals surface area contributed by atoms with Gasteiger partial charge in [-0.3, -0.25) is 0 Å². The number of halogens is 1. The summed E-state index contributed by atoms with van der Waals surface area (Å²) in [5.74, 6) is 0. The number of aromatic nitrogens is 2. The summed E-state index contributed by atoms with van der Waals surface area (Å²) in [6, 6.07) is 141. The number of nitrogens with zero attached hydrogens (tertiary/aromatic N) is 2. The molecule has 484 valence electrons. The van der Waals surface area contributed by atoms with Crippen LogP contribution in [-0.2, 0) is 10.8 Å². The third-order valence-corrected chi connectivity index (χ3v) is 20.3. The van der Waals surface area contributed by atoms with Gasteiger partial charge in [-0.05, 0) is 154 Å². The number of hydrogen-bond donors (Lipinski definition) is 2. The van der Waals surface area contributed by atoms with Crippen LogP contribution in [0.5, 0.6) is 0 Å². The third kappa shape index (κ3) is 12.3. The molecule has 2 aliphatic rings. The summed E-state index contributed by atoms with van der Waals surface area (Å²) in [6.07, 6.45) is 0. The molecule has 0 aliphatic heterocycles. The van der Waals surface area contributed by atoms with E-state index in [1.165, 1.54) is 61.2 Å². The van der Waals surface area contributed by atoms with Crippen molar-refractivity contribution in [2.45, 2.75) is 10.8 Å². The van der Waals surface area contributed by atoms with E-state index < -0.39 is 17.9 Å². The minimum absolute atomic E-state index is 0.428. The first kappa shape index (κ1) is 64.5. The molecule has 0 bridgehead atoms. The molecule has 18 rings (SSSR count). The minimum Gasteiger partial charge on any atom is -0.423 e. The van der Waals surface area contributed by atoms with Crippen molar-refractivity contribution < 1.29 is 10.0 Å². The summed E-state index contributed by atoms with van der Waals surface area (Å²) in [5, 5.41) is 19.7. The number of benzene rings is 14. The van der Waals surface area contributed by atoms with Gasteiger partial charge in [0, 0.05) is 26.7 Å². The third-order valence-electron chi connectivity index (χ3n) is 19.9. The van der Waals surface area contributed by atoms with Crippen LogP contribution in [0.4, 0.5) is 0 Å². The maximum Gasteiger partial charge on any atom is 0.488 e. The molecule has 14 aromatic carbocycles. The second kappa shape index (κ2) is 28.6. The fourth-order valence-corrected chi connectivity index (χ4v) is 15.6. The van der Waals surface area contributed by atoms with Gasteiger partial charge in [0.2, 0.25) is 0 Å². The highest BCUT2D eigenvalue weighted by Crippen LogP contribution is 2.58. The predicted molar refractivity (Wildman–Crippen MR) is 425 cm³/mol. The zero-order valence-electron chi connectivity index (χ0n) is 55.8. The molecular weight excluding hydrogens is 1300 g/mol. The highest BCUT2D eigenvalue weighted by atomic mass is 79.9. The lowest BCUT2D eigenvalue weighted by molar-refractivity contribution is 0.425. The Morgan fingerprint density at radius 2 is 0.500 bits per heavy atom. The van der Waals surface area contributed by atoms with Gasteiger partial charge in [0.05, 0.1) is 33.6 Å². The van der Waals surface area contributed by atoms with Crippen molar-refractivity contribution in [3.05, 3.63) is 449 Å². The van der Waals surface area contributed by atoms with Crippen molar-refractivity contribution in [2.24, 2.45) is 0 Å². The lowest BCUT2D eigenvalue weighted by atomic mass is 9.66. The Labute approximate surface area is 605 Å². The predicted octanol–water partition coefficient (Wildman–Crippen LogP) is 22.7. The number of hydrogen-bond acceptors (Lipinski definition) is 4. The van der Waals surface area contributed by atoms with Crippen LogP contribution in [0.2, 0.25) is 0 Å². The largest absolute Gasteiger partial charge is 0.488 e. The lowest BCUT2D eigenvalue weighted by Crippen LogP contribution is -2.33. The van der Waals surface area contributed by atoms with Crippen LogP contribution < -0.4 is 5.46 Å². The van der Waals surface area contributed by atoms with Gasteiger partial charge in [-0.15, -0.1) is 0 Å². The van der Waals surface area contributed by atoms with Crippen molar-refractivity contribution in [3.63, 3.8) is 0 Å². The first-order valence-electron chi connectivity index (χ1n) is 34.5. The molecule has 102 heavy (non-hydrogen) atoms. The van der Waals surface area contributed by atoms with Crippen LogP contribution in [0.1, 0.15) is 44.5 Å². The molecule has 0 spiro atoms. The van der Waals surface area contributed by atoms with Gasteiger partial charge in [-0.1, -0.05) is 368 Å². The molecule has 0 saturated carbocycles. The molecule has 6 heteroatoms. The first-order chi connectivity index (χ1) is 50.3. The molecule has 0 unspecified atom stereocenters. The van der Waals surface area contributed by atoms with Gasteiger partial charge in [-0.2, -0.15) is 0 Å². The van der Waals surface area contributed by atoms with E-state index in [1.54, 1.807) is 6.07 Å². The Hall–Kier alpha value is -12.2. The van der Waals surface area contributed by atoms with Crippen LogP contribution in [0, 0.1) is 0 Å². The fraction of sp³-hybridized carbons (Fsp3) is 0.0208. The average molecular weight is 1370 g/mol. The molecule has 0 fully saturated rings. The summed E-state index contributed by atoms with van der Waals surface area (Å²) < 4.78 is 1.07.